The van der Waals surface area contributed by atoms with E-state index in [0.717, 1.165) is 16.7 Å². The quantitative estimate of drug-likeness (QED) is 0.939. The van der Waals surface area contributed by atoms with Gasteiger partial charge in [-0.05, 0) is 43.3 Å². The minimum atomic E-state index is -3.43. The van der Waals surface area contributed by atoms with Crippen molar-refractivity contribution in [1.82, 2.24) is 4.72 Å². The van der Waals surface area contributed by atoms with Gasteiger partial charge < -0.3 is 0 Å². The van der Waals surface area contributed by atoms with E-state index in [2.05, 4.69) is 4.72 Å². The number of sulfonamides is 1. The zero-order valence-electron chi connectivity index (χ0n) is 11.2. The van der Waals surface area contributed by atoms with E-state index in [1.807, 2.05) is 39.0 Å². The van der Waals surface area contributed by atoms with Crippen molar-refractivity contribution in [2.24, 2.45) is 0 Å². The third-order valence-electron chi connectivity index (χ3n) is 2.99. The van der Waals surface area contributed by atoms with Crippen molar-refractivity contribution >= 4 is 21.4 Å². The molecule has 1 heterocycles. The minimum Gasteiger partial charge on any atom is -0.206 e. The van der Waals surface area contributed by atoms with Gasteiger partial charge >= 0.3 is 0 Å². The van der Waals surface area contributed by atoms with Crippen LogP contribution >= 0.6 is 11.3 Å². The van der Waals surface area contributed by atoms with Gasteiger partial charge in [-0.2, -0.15) is 0 Å². The van der Waals surface area contributed by atoms with Gasteiger partial charge in [0, 0.05) is 6.04 Å². The van der Waals surface area contributed by atoms with Gasteiger partial charge in [0.2, 0.25) is 0 Å². The minimum absolute atomic E-state index is 0.244. The zero-order valence-corrected chi connectivity index (χ0v) is 12.8. The molecule has 0 aliphatic rings. The summed E-state index contributed by atoms with van der Waals surface area (Å²) >= 11 is 1.22. The predicted octanol–water partition coefficient (Wildman–Crippen LogP) is 3.40. The summed E-state index contributed by atoms with van der Waals surface area (Å²) in [6.45, 7) is 5.86. The Balaban J connectivity index is 2.26. The lowest BCUT2D eigenvalue weighted by atomic mass is 10.0. The first kappa shape index (κ1) is 14.2. The number of nitrogens with one attached hydrogen (secondary N) is 1. The maximum atomic E-state index is 12.2. The summed E-state index contributed by atoms with van der Waals surface area (Å²) in [5.41, 5.74) is 3.23. The first-order valence-electron chi connectivity index (χ1n) is 6.03. The second-order valence-corrected chi connectivity index (χ2v) is 7.52. The average Bonchev–Trinajstić information content (AvgIpc) is 2.86. The number of hydrogen-bond acceptors (Lipinski definition) is 3. The standard InChI is InChI=1S/C14H17NO2S2/c1-10-6-7-11(2)13(9-10)12(3)15-19(16,17)14-5-4-8-18-14/h4-9,12,15H,1-3H3/t12-/m1/s1. The Morgan fingerprint density at radius 2 is 1.95 bits per heavy atom. The number of aryl methyl sites for hydroxylation is 2. The Morgan fingerprint density at radius 1 is 1.21 bits per heavy atom. The van der Waals surface area contributed by atoms with E-state index in [1.54, 1.807) is 17.5 Å². The van der Waals surface area contributed by atoms with E-state index in [-0.39, 0.29) is 6.04 Å². The molecular weight excluding hydrogens is 278 g/mol. The molecule has 0 radical (unpaired) electrons. The maximum absolute atomic E-state index is 12.2. The molecule has 1 atom stereocenters. The molecule has 1 aromatic carbocycles. The Bertz CT molecular complexity index is 661. The van der Waals surface area contributed by atoms with Crippen LogP contribution in [0, 0.1) is 13.8 Å². The molecular formula is C14H17NO2S2. The van der Waals surface area contributed by atoms with Crippen LogP contribution < -0.4 is 4.72 Å². The fourth-order valence-electron chi connectivity index (χ4n) is 2.00. The Labute approximate surface area is 118 Å². The van der Waals surface area contributed by atoms with Gasteiger partial charge in [0.1, 0.15) is 4.21 Å². The topological polar surface area (TPSA) is 46.2 Å². The van der Waals surface area contributed by atoms with Gasteiger partial charge in [-0.3, -0.25) is 0 Å². The van der Waals surface area contributed by atoms with Crippen LogP contribution in [-0.2, 0) is 10.0 Å². The highest BCUT2D eigenvalue weighted by Crippen LogP contribution is 2.23. The van der Waals surface area contributed by atoms with Gasteiger partial charge in [-0.1, -0.05) is 29.8 Å². The Hall–Kier alpha value is -1.17. The molecule has 0 amide bonds. The molecule has 5 heteroatoms. The zero-order chi connectivity index (χ0) is 14.0. The number of hydrogen-bond donors (Lipinski definition) is 1. The van der Waals surface area contributed by atoms with Crippen molar-refractivity contribution in [3.05, 3.63) is 52.4 Å². The molecule has 19 heavy (non-hydrogen) atoms. The van der Waals surface area contributed by atoms with Crippen LogP contribution in [0.25, 0.3) is 0 Å². The van der Waals surface area contributed by atoms with Crippen LogP contribution in [0.1, 0.15) is 29.7 Å². The van der Waals surface area contributed by atoms with Crippen LogP contribution in [-0.4, -0.2) is 8.42 Å². The third kappa shape index (κ3) is 3.23. The van der Waals surface area contributed by atoms with Crippen LogP contribution in [0.3, 0.4) is 0 Å². The maximum Gasteiger partial charge on any atom is 0.250 e. The molecule has 0 aliphatic carbocycles. The van der Waals surface area contributed by atoms with Crippen LogP contribution in [0.2, 0.25) is 0 Å². The SMILES string of the molecule is Cc1ccc(C)c([C@@H](C)NS(=O)(=O)c2cccs2)c1. The van der Waals surface area contributed by atoms with E-state index < -0.39 is 10.0 Å². The van der Waals surface area contributed by atoms with Crippen molar-refractivity contribution in [1.29, 1.82) is 0 Å². The van der Waals surface area contributed by atoms with E-state index in [4.69, 9.17) is 0 Å². The second kappa shape index (κ2) is 5.45. The summed E-state index contributed by atoms with van der Waals surface area (Å²) in [5, 5.41) is 1.76. The summed E-state index contributed by atoms with van der Waals surface area (Å²) in [6, 6.07) is 9.17. The molecule has 0 bridgehead atoms. The highest BCUT2D eigenvalue weighted by molar-refractivity contribution is 7.91. The molecule has 102 valence electrons. The molecule has 0 saturated heterocycles. The molecule has 0 unspecified atom stereocenters. The van der Waals surface area contributed by atoms with E-state index in [0.29, 0.717) is 4.21 Å². The molecule has 3 nitrogen and oxygen atoms in total. The highest BCUT2D eigenvalue weighted by Gasteiger charge is 2.20. The molecule has 2 aromatic rings. The van der Waals surface area contributed by atoms with Gasteiger partial charge in [0.15, 0.2) is 0 Å². The van der Waals surface area contributed by atoms with Crippen molar-refractivity contribution in [3.8, 4) is 0 Å². The van der Waals surface area contributed by atoms with E-state index in [1.165, 1.54) is 11.3 Å². The lowest BCUT2D eigenvalue weighted by molar-refractivity contribution is 0.568. The van der Waals surface area contributed by atoms with Gasteiger partial charge in [-0.15, -0.1) is 11.3 Å². The largest absolute Gasteiger partial charge is 0.250 e. The number of thiophene rings is 1. The van der Waals surface area contributed by atoms with Crippen molar-refractivity contribution < 1.29 is 8.42 Å². The Morgan fingerprint density at radius 3 is 2.58 bits per heavy atom. The lowest BCUT2D eigenvalue weighted by Crippen LogP contribution is -2.26. The van der Waals surface area contributed by atoms with Crippen LogP contribution in [0.15, 0.2) is 39.9 Å². The van der Waals surface area contributed by atoms with E-state index >= 15 is 0 Å². The van der Waals surface area contributed by atoms with Crippen molar-refractivity contribution in [3.63, 3.8) is 0 Å². The van der Waals surface area contributed by atoms with Crippen molar-refractivity contribution in [2.45, 2.75) is 31.0 Å². The number of benzene rings is 1. The molecule has 1 aromatic heterocycles. The predicted molar refractivity (Wildman–Crippen MR) is 79.0 cm³/mol. The fraction of sp³-hybridized carbons (Fsp3) is 0.286. The summed E-state index contributed by atoms with van der Waals surface area (Å²) < 4.78 is 27.4. The number of rotatable bonds is 4. The summed E-state index contributed by atoms with van der Waals surface area (Å²) in [7, 11) is -3.43. The summed E-state index contributed by atoms with van der Waals surface area (Å²) in [6.07, 6.45) is 0. The monoisotopic (exact) mass is 295 g/mol. The van der Waals surface area contributed by atoms with Gasteiger partial charge in [-0.25, -0.2) is 13.1 Å². The molecule has 0 fully saturated rings. The molecule has 0 aliphatic heterocycles. The normalized spacial score (nSPS) is 13.4. The molecule has 0 saturated carbocycles. The molecule has 1 N–H and O–H groups in total. The first-order valence-corrected chi connectivity index (χ1v) is 8.39. The van der Waals surface area contributed by atoms with Gasteiger partial charge in [0.05, 0.1) is 0 Å². The average molecular weight is 295 g/mol. The lowest BCUT2D eigenvalue weighted by Gasteiger charge is -2.16. The van der Waals surface area contributed by atoms with Crippen LogP contribution in [0.4, 0.5) is 0 Å². The summed E-state index contributed by atoms with van der Waals surface area (Å²) in [4.78, 5) is 0. The second-order valence-electron chi connectivity index (χ2n) is 4.64. The van der Waals surface area contributed by atoms with Crippen LogP contribution in [0.5, 0.6) is 0 Å². The van der Waals surface area contributed by atoms with Crippen molar-refractivity contribution in [2.75, 3.05) is 0 Å². The molecule has 0 spiro atoms. The third-order valence-corrected chi connectivity index (χ3v) is 5.93. The molecule has 2 rings (SSSR count). The smallest absolute Gasteiger partial charge is 0.206 e. The highest BCUT2D eigenvalue weighted by atomic mass is 32.2. The first-order chi connectivity index (χ1) is 8.90. The van der Waals surface area contributed by atoms with E-state index in [9.17, 15) is 8.42 Å². The fourth-order valence-corrected chi connectivity index (χ4v) is 4.23. The summed E-state index contributed by atoms with van der Waals surface area (Å²) in [5.74, 6) is 0. The Kier molecular flexibility index (Phi) is 4.08. The van der Waals surface area contributed by atoms with Gasteiger partial charge in [0.25, 0.3) is 10.0 Å².